The minimum Gasteiger partial charge on any atom is -0.232 e. The molecule has 0 bridgehead atoms. The Morgan fingerprint density at radius 2 is 2.00 bits per heavy atom. The van der Waals surface area contributed by atoms with Gasteiger partial charge in [0, 0.05) is 5.56 Å². The third-order valence-electron chi connectivity index (χ3n) is 1.82. The van der Waals surface area contributed by atoms with E-state index in [4.69, 9.17) is 5.14 Å². The molecule has 0 aliphatic heterocycles. The molecule has 0 heterocycles. The second-order valence-electron chi connectivity index (χ2n) is 2.74. The first-order valence-corrected chi connectivity index (χ1v) is 5.21. The molecule has 0 atom stereocenters. The topological polar surface area (TPSA) is 80.1 Å². The molecule has 4 nitrogen and oxygen atoms in total. The van der Waals surface area contributed by atoms with E-state index in [1.807, 2.05) is 0 Å². The van der Waals surface area contributed by atoms with Crippen LogP contribution in [0.25, 0.3) is 0 Å². The van der Waals surface area contributed by atoms with Gasteiger partial charge in [-0.15, -0.1) is 0 Å². The molecule has 2 N–H and O–H groups in total. The van der Waals surface area contributed by atoms with Crippen molar-refractivity contribution in [1.82, 2.24) is 0 Å². The number of nitrogens with two attached hydrogens (primary N) is 1. The van der Waals surface area contributed by atoms with Crippen molar-refractivity contribution in [3.63, 3.8) is 0 Å². The Balaban J connectivity index is 3.47. The zero-order valence-electron chi connectivity index (χ0n) is 7.15. The highest BCUT2D eigenvalue weighted by Crippen LogP contribution is 2.17. The first-order valence-electron chi connectivity index (χ1n) is 3.66. The van der Waals surface area contributed by atoms with Crippen LogP contribution in [0, 0.1) is 6.92 Å². The molecule has 71 valence electrons. The molecule has 0 aromatic heterocycles. The number of primary sulfonamides is 1. The van der Waals surface area contributed by atoms with Crippen molar-refractivity contribution in [3.8, 4) is 0 Å². The fraction of sp³-hybridized carbons (Fsp3) is 0.250. The summed E-state index contributed by atoms with van der Waals surface area (Å²) in [5.41, 5.74) is 0.909. The van der Waals surface area contributed by atoms with Crippen LogP contribution in [0.5, 0.6) is 0 Å². The van der Waals surface area contributed by atoms with Crippen LogP contribution < -0.4 is 5.14 Å². The molecule has 0 amide bonds. The molecule has 1 rings (SSSR count). The van der Waals surface area contributed by atoms with Gasteiger partial charge in [-0.3, -0.25) is 0 Å². The van der Waals surface area contributed by atoms with Gasteiger partial charge in [-0.05, 0) is 18.6 Å². The van der Waals surface area contributed by atoms with Crippen molar-refractivity contribution in [2.45, 2.75) is 18.4 Å². The molecular formula is C8H10NO3S. The van der Waals surface area contributed by atoms with Gasteiger partial charge in [0.15, 0.2) is 0 Å². The zero-order chi connectivity index (χ0) is 10.1. The maximum atomic E-state index is 11.0. The number of sulfonamides is 1. The van der Waals surface area contributed by atoms with Crippen LogP contribution in [-0.2, 0) is 21.7 Å². The van der Waals surface area contributed by atoms with E-state index >= 15 is 0 Å². The van der Waals surface area contributed by atoms with Gasteiger partial charge in [0.25, 0.3) is 0 Å². The molecule has 1 aromatic carbocycles. The lowest BCUT2D eigenvalue weighted by Gasteiger charge is -2.06. The summed E-state index contributed by atoms with van der Waals surface area (Å²) in [4.78, 5) is -0.0671. The highest BCUT2D eigenvalue weighted by Gasteiger charge is 2.14. The lowest BCUT2D eigenvalue weighted by Crippen LogP contribution is -2.15. The predicted octanol–water partition coefficient (Wildman–Crippen LogP) is 0.573. The summed E-state index contributed by atoms with van der Waals surface area (Å²) in [7, 11) is -3.77. The predicted molar refractivity (Wildman–Crippen MR) is 46.9 cm³/mol. The first kappa shape index (κ1) is 10.2. The third kappa shape index (κ3) is 2.06. The van der Waals surface area contributed by atoms with Crippen molar-refractivity contribution in [1.29, 1.82) is 0 Å². The van der Waals surface area contributed by atoms with Crippen LogP contribution in [-0.4, -0.2) is 8.42 Å². The van der Waals surface area contributed by atoms with E-state index in [-0.39, 0.29) is 10.5 Å². The summed E-state index contributed by atoms with van der Waals surface area (Å²) < 4.78 is 22.0. The van der Waals surface area contributed by atoms with E-state index in [1.165, 1.54) is 6.07 Å². The van der Waals surface area contributed by atoms with Gasteiger partial charge in [-0.2, -0.15) is 0 Å². The normalized spacial score (nSPS) is 11.6. The van der Waals surface area contributed by atoms with Crippen LogP contribution in [0.1, 0.15) is 11.1 Å². The third-order valence-corrected chi connectivity index (χ3v) is 2.81. The molecule has 13 heavy (non-hydrogen) atoms. The maximum absolute atomic E-state index is 11.0. The number of aryl methyl sites for hydroxylation is 1. The second kappa shape index (κ2) is 3.45. The zero-order valence-corrected chi connectivity index (χ0v) is 7.97. The van der Waals surface area contributed by atoms with E-state index in [2.05, 4.69) is 0 Å². The minimum absolute atomic E-state index is 0.0671. The molecule has 0 aliphatic rings. The van der Waals surface area contributed by atoms with Gasteiger partial charge in [0.2, 0.25) is 10.0 Å². The Morgan fingerprint density at radius 3 is 2.38 bits per heavy atom. The molecule has 0 fully saturated rings. The van der Waals surface area contributed by atoms with Crippen LogP contribution in [0.4, 0.5) is 0 Å². The number of hydrogen-bond acceptors (Lipinski definition) is 2. The molecule has 0 saturated heterocycles. The van der Waals surface area contributed by atoms with E-state index in [9.17, 15) is 13.5 Å². The highest BCUT2D eigenvalue weighted by atomic mass is 32.2. The smallest absolute Gasteiger partial charge is 0.232 e. The summed E-state index contributed by atoms with van der Waals surface area (Å²) in [6.45, 7) is 1.11. The molecule has 5 heteroatoms. The van der Waals surface area contributed by atoms with Crippen LogP contribution in [0.15, 0.2) is 23.1 Å². The summed E-state index contributed by atoms with van der Waals surface area (Å²) in [5.74, 6) is 0. The van der Waals surface area contributed by atoms with Gasteiger partial charge in [-0.1, -0.05) is 12.1 Å². The molecule has 0 unspecified atom stereocenters. The lowest BCUT2D eigenvalue weighted by molar-refractivity contribution is 0.174. The van der Waals surface area contributed by atoms with Crippen LogP contribution in [0.2, 0.25) is 0 Å². The van der Waals surface area contributed by atoms with Crippen molar-refractivity contribution < 1.29 is 13.5 Å². The largest absolute Gasteiger partial charge is 0.238 e. The lowest BCUT2D eigenvalue weighted by atomic mass is 10.1. The van der Waals surface area contributed by atoms with Crippen LogP contribution in [0.3, 0.4) is 0 Å². The number of rotatable bonds is 2. The van der Waals surface area contributed by atoms with Crippen molar-refractivity contribution in [2.75, 3.05) is 0 Å². The maximum Gasteiger partial charge on any atom is 0.238 e. The average Bonchev–Trinajstić information content (AvgIpc) is 2.02. The molecule has 1 radical (unpaired) electrons. The highest BCUT2D eigenvalue weighted by molar-refractivity contribution is 7.89. The van der Waals surface area contributed by atoms with Gasteiger partial charge in [0.05, 0.1) is 4.90 Å². The Morgan fingerprint density at radius 1 is 1.38 bits per heavy atom. The quantitative estimate of drug-likeness (QED) is 0.757. The van der Waals surface area contributed by atoms with Gasteiger partial charge in [0.1, 0.15) is 6.61 Å². The Bertz CT molecular complexity index is 411. The Kier molecular flexibility index (Phi) is 2.70. The SMILES string of the molecule is Cc1cccc(S(N)(=O)=O)c1C[O]. The first-order chi connectivity index (χ1) is 5.96. The van der Waals surface area contributed by atoms with Crippen molar-refractivity contribution in [3.05, 3.63) is 29.3 Å². The van der Waals surface area contributed by atoms with E-state index in [0.717, 1.165) is 0 Å². The van der Waals surface area contributed by atoms with Crippen molar-refractivity contribution >= 4 is 10.0 Å². The number of hydrogen-bond donors (Lipinski definition) is 1. The van der Waals surface area contributed by atoms with Gasteiger partial charge < -0.3 is 0 Å². The fourth-order valence-corrected chi connectivity index (χ4v) is 1.96. The summed E-state index contributed by atoms with van der Waals surface area (Å²) in [5, 5.41) is 15.6. The van der Waals surface area contributed by atoms with Crippen molar-refractivity contribution in [2.24, 2.45) is 5.14 Å². The molecule has 0 aliphatic carbocycles. The van der Waals surface area contributed by atoms with Crippen LogP contribution >= 0.6 is 0 Å². The molecule has 0 saturated carbocycles. The summed E-state index contributed by atoms with van der Waals surface area (Å²) in [6, 6.07) is 4.59. The van der Waals surface area contributed by atoms with Gasteiger partial charge in [-0.25, -0.2) is 18.7 Å². The van der Waals surface area contributed by atoms with Gasteiger partial charge >= 0.3 is 0 Å². The monoisotopic (exact) mass is 200 g/mol. The standard InChI is InChI=1S/C8H10NO3S/c1-6-3-2-4-8(7(6)5-10)13(9,11)12/h2-4H,5H2,1H3,(H2,9,11,12). The molecular weight excluding hydrogens is 190 g/mol. The Labute approximate surface area is 77.1 Å². The summed E-state index contributed by atoms with van der Waals surface area (Å²) >= 11 is 0. The van der Waals surface area contributed by atoms with E-state index in [1.54, 1.807) is 19.1 Å². The Hall–Kier alpha value is -0.910. The average molecular weight is 200 g/mol. The molecule has 1 aromatic rings. The van der Waals surface area contributed by atoms with E-state index in [0.29, 0.717) is 5.56 Å². The summed E-state index contributed by atoms with van der Waals surface area (Å²) in [6.07, 6.45) is 0. The molecule has 0 spiro atoms. The minimum atomic E-state index is -3.77. The fourth-order valence-electron chi connectivity index (χ4n) is 1.13. The van der Waals surface area contributed by atoms with E-state index < -0.39 is 16.6 Å². The second-order valence-corrected chi connectivity index (χ2v) is 4.27. The number of benzene rings is 1.